The number of piperidine rings is 1. The van der Waals surface area contributed by atoms with Crippen LogP contribution >= 0.6 is 0 Å². The third-order valence-corrected chi connectivity index (χ3v) is 4.90. The average Bonchev–Trinajstić information content (AvgIpc) is 2.34. The van der Waals surface area contributed by atoms with Crippen molar-refractivity contribution in [3.8, 4) is 5.75 Å². The first-order valence-electron chi connectivity index (χ1n) is 6.18. The van der Waals surface area contributed by atoms with E-state index in [4.69, 9.17) is 5.11 Å². The smallest absolute Gasteiger partial charge is 0.301 e. The van der Waals surface area contributed by atoms with E-state index in [1.54, 1.807) is 0 Å². The maximum absolute atomic E-state index is 13.2. The van der Waals surface area contributed by atoms with Crippen LogP contribution in [0.1, 0.15) is 26.2 Å². The molecule has 1 fully saturated rings. The molecule has 1 aliphatic heterocycles. The largest absolute Gasteiger partial charge is 0.505 e. The Morgan fingerprint density at radius 2 is 2.16 bits per heavy atom. The van der Waals surface area contributed by atoms with Crippen molar-refractivity contribution in [2.45, 2.75) is 32.2 Å². The SMILES string of the molecule is CC1CCCCN1S(=O)(=O)Nc1ccc(O)c(F)c1. The number of phenolic OH excluding ortho intramolecular Hbond substituents is 1. The number of anilines is 1. The second-order valence-corrected chi connectivity index (χ2v) is 6.35. The molecule has 1 aliphatic rings. The van der Waals surface area contributed by atoms with Crippen LogP contribution in [0.5, 0.6) is 5.75 Å². The fourth-order valence-corrected chi connectivity index (χ4v) is 3.70. The summed E-state index contributed by atoms with van der Waals surface area (Å²) in [6.45, 7) is 2.33. The number of phenols is 1. The van der Waals surface area contributed by atoms with Crippen LogP contribution in [0.25, 0.3) is 0 Å². The zero-order valence-electron chi connectivity index (χ0n) is 10.6. The van der Waals surface area contributed by atoms with Crippen molar-refractivity contribution in [3.63, 3.8) is 0 Å². The molecule has 19 heavy (non-hydrogen) atoms. The molecule has 0 aliphatic carbocycles. The van der Waals surface area contributed by atoms with E-state index in [0.29, 0.717) is 6.54 Å². The Labute approximate surface area is 112 Å². The molecule has 0 radical (unpaired) electrons. The van der Waals surface area contributed by atoms with Gasteiger partial charge in [-0.3, -0.25) is 4.72 Å². The topological polar surface area (TPSA) is 69.6 Å². The minimum Gasteiger partial charge on any atom is -0.505 e. The fourth-order valence-electron chi connectivity index (χ4n) is 2.21. The summed E-state index contributed by atoms with van der Waals surface area (Å²) in [5.74, 6) is -1.36. The van der Waals surface area contributed by atoms with Crippen LogP contribution in [0.4, 0.5) is 10.1 Å². The Balaban J connectivity index is 2.18. The Morgan fingerprint density at radius 3 is 2.79 bits per heavy atom. The summed E-state index contributed by atoms with van der Waals surface area (Å²) in [4.78, 5) is 0. The van der Waals surface area contributed by atoms with Crippen LogP contribution in [0.15, 0.2) is 18.2 Å². The molecule has 1 aromatic rings. The van der Waals surface area contributed by atoms with Crippen LogP contribution in [-0.4, -0.2) is 30.4 Å². The lowest BCUT2D eigenvalue weighted by Crippen LogP contribution is -2.44. The highest BCUT2D eigenvalue weighted by Crippen LogP contribution is 2.24. The van der Waals surface area contributed by atoms with Gasteiger partial charge in [0.1, 0.15) is 0 Å². The van der Waals surface area contributed by atoms with E-state index in [1.807, 2.05) is 6.92 Å². The number of nitrogens with one attached hydrogen (secondary N) is 1. The van der Waals surface area contributed by atoms with Crippen molar-refractivity contribution in [2.24, 2.45) is 0 Å². The van der Waals surface area contributed by atoms with E-state index in [1.165, 1.54) is 10.4 Å². The molecular formula is C12H17FN2O3S. The summed E-state index contributed by atoms with van der Waals surface area (Å²) < 4.78 is 41.3. The third kappa shape index (κ3) is 3.16. The molecule has 7 heteroatoms. The summed E-state index contributed by atoms with van der Waals surface area (Å²) in [7, 11) is -3.68. The minimum absolute atomic E-state index is 0.0618. The summed E-state index contributed by atoms with van der Waals surface area (Å²) in [6, 6.07) is 3.34. The Morgan fingerprint density at radius 1 is 1.42 bits per heavy atom. The van der Waals surface area contributed by atoms with Gasteiger partial charge >= 0.3 is 10.2 Å². The molecule has 0 aromatic heterocycles. The first-order valence-corrected chi connectivity index (χ1v) is 7.62. The molecule has 106 valence electrons. The average molecular weight is 288 g/mol. The number of rotatable bonds is 3. The van der Waals surface area contributed by atoms with Gasteiger partial charge in [-0.25, -0.2) is 4.39 Å². The summed E-state index contributed by atoms with van der Waals surface area (Å²) in [6.07, 6.45) is 2.67. The summed E-state index contributed by atoms with van der Waals surface area (Å²) >= 11 is 0. The van der Waals surface area contributed by atoms with Crippen LogP contribution < -0.4 is 4.72 Å². The predicted octanol–water partition coefficient (Wildman–Crippen LogP) is 2.06. The maximum atomic E-state index is 13.2. The number of benzene rings is 1. The van der Waals surface area contributed by atoms with Gasteiger partial charge in [0.25, 0.3) is 0 Å². The Bertz CT molecular complexity index is 562. The Kier molecular flexibility index (Phi) is 3.96. The summed E-state index contributed by atoms with van der Waals surface area (Å²) in [5.41, 5.74) is 0.105. The van der Waals surface area contributed by atoms with Gasteiger partial charge in [0.15, 0.2) is 11.6 Å². The van der Waals surface area contributed by atoms with E-state index in [-0.39, 0.29) is 11.7 Å². The zero-order valence-corrected chi connectivity index (χ0v) is 11.5. The van der Waals surface area contributed by atoms with E-state index in [0.717, 1.165) is 31.4 Å². The molecule has 1 heterocycles. The molecule has 1 unspecified atom stereocenters. The molecular weight excluding hydrogens is 271 g/mol. The quantitative estimate of drug-likeness (QED) is 0.836. The standard InChI is InChI=1S/C12H17FN2O3S/c1-9-4-2-3-7-15(9)19(17,18)14-10-5-6-12(16)11(13)8-10/h5-6,8-9,14,16H,2-4,7H2,1H3. The number of halogens is 1. The molecule has 0 saturated carbocycles. The van der Waals surface area contributed by atoms with Gasteiger partial charge in [0.2, 0.25) is 0 Å². The zero-order chi connectivity index (χ0) is 14.0. The highest BCUT2D eigenvalue weighted by Gasteiger charge is 2.29. The molecule has 2 rings (SSSR count). The molecule has 1 aromatic carbocycles. The third-order valence-electron chi connectivity index (χ3n) is 3.25. The molecule has 0 bridgehead atoms. The number of nitrogens with zero attached hydrogens (tertiary/aromatic N) is 1. The first kappa shape index (κ1) is 14.1. The fraction of sp³-hybridized carbons (Fsp3) is 0.500. The normalized spacial score (nSPS) is 21.3. The minimum atomic E-state index is -3.68. The molecule has 1 saturated heterocycles. The molecule has 0 spiro atoms. The van der Waals surface area contributed by atoms with Crippen LogP contribution in [0.2, 0.25) is 0 Å². The van der Waals surface area contributed by atoms with E-state index >= 15 is 0 Å². The van der Waals surface area contributed by atoms with Crippen molar-refractivity contribution in [2.75, 3.05) is 11.3 Å². The number of hydrogen-bond acceptors (Lipinski definition) is 3. The van der Waals surface area contributed by atoms with Gasteiger partial charge in [-0.2, -0.15) is 12.7 Å². The highest BCUT2D eigenvalue weighted by atomic mass is 32.2. The van der Waals surface area contributed by atoms with Gasteiger partial charge < -0.3 is 5.11 Å². The molecule has 1 atom stereocenters. The lowest BCUT2D eigenvalue weighted by Gasteiger charge is -2.32. The van der Waals surface area contributed by atoms with Crippen LogP contribution in [-0.2, 0) is 10.2 Å². The molecule has 5 nitrogen and oxygen atoms in total. The van der Waals surface area contributed by atoms with Gasteiger partial charge in [0, 0.05) is 18.7 Å². The summed E-state index contributed by atoms with van der Waals surface area (Å²) in [5, 5.41) is 9.07. The van der Waals surface area contributed by atoms with Gasteiger partial charge in [-0.05, 0) is 31.9 Å². The molecule has 0 amide bonds. The van der Waals surface area contributed by atoms with E-state index in [2.05, 4.69) is 4.72 Å². The second-order valence-electron chi connectivity index (χ2n) is 4.73. The van der Waals surface area contributed by atoms with Gasteiger partial charge in [-0.15, -0.1) is 0 Å². The van der Waals surface area contributed by atoms with Crippen LogP contribution in [0, 0.1) is 5.82 Å². The van der Waals surface area contributed by atoms with Gasteiger partial charge in [0.05, 0.1) is 5.69 Å². The van der Waals surface area contributed by atoms with Crippen molar-refractivity contribution in [1.82, 2.24) is 4.31 Å². The van der Waals surface area contributed by atoms with Crippen molar-refractivity contribution < 1.29 is 17.9 Å². The van der Waals surface area contributed by atoms with Crippen LogP contribution in [0.3, 0.4) is 0 Å². The first-order chi connectivity index (χ1) is 8.90. The monoisotopic (exact) mass is 288 g/mol. The highest BCUT2D eigenvalue weighted by molar-refractivity contribution is 7.90. The lowest BCUT2D eigenvalue weighted by atomic mass is 10.1. The van der Waals surface area contributed by atoms with Gasteiger partial charge in [-0.1, -0.05) is 6.42 Å². The number of hydrogen-bond donors (Lipinski definition) is 2. The lowest BCUT2D eigenvalue weighted by molar-refractivity contribution is 0.270. The van der Waals surface area contributed by atoms with E-state index in [9.17, 15) is 12.8 Å². The maximum Gasteiger partial charge on any atom is 0.301 e. The molecule has 2 N–H and O–H groups in total. The van der Waals surface area contributed by atoms with Crippen molar-refractivity contribution in [3.05, 3.63) is 24.0 Å². The Hall–Kier alpha value is -1.34. The number of aromatic hydroxyl groups is 1. The predicted molar refractivity (Wildman–Crippen MR) is 70.6 cm³/mol. The van der Waals surface area contributed by atoms with Crippen molar-refractivity contribution in [1.29, 1.82) is 0 Å². The second kappa shape index (κ2) is 5.34. The van der Waals surface area contributed by atoms with E-state index < -0.39 is 21.8 Å². The van der Waals surface area contributed by atoms with Crippen molar-refractivity contribution >= 4 is 15.9 Å².